The van der Waals surface area contributed by atoms with Crippen LogP contribution in [0.3, 0.4) is 0 Å². The molecule has 0 aliphatic heterocycles. The van der Waals surface area contributed by atoms with Gasteiger partial charge in [-0.3, -0.25) is 4.79 Å². The molecule has 0 saturated carbocycles. The number of hydrogen-bond donors (Lipinski definition) is 0. The van der Waals surface area contributed by atoms with Crippen LogP contribution >= 0.6 is 0 Å². The Morgan fingerprint density at radius 3 is 1.58 bits per heavy atom. The van der Waals surface area contributed by atoms with E-state index in [0.717, 1.165) is 0 Å². The molecule has 0 N–H and O–H groups in total. The summed E-state index contributed by atoms with van der Waals surface area (Å²) in [5.74, 6) is -7.86. The second-order valence-electron chi connectivity index (χ2n) is 3.74. The first kappa shape index (κ1) is 13.2. The van der Waals surface area contributed by atoms with E-state index in [9.17, 15) is 26.7 Å². The summed E-state index contributed by atoms with van der Waals surface area (Å²) in [6.07, 6.45) is 0. The predicted octanol–water partition coefficient (Wildman–Crippen LogP) is 3.61. The Balaban J connectivity index is 2.50. The Morgan fingerprint density at radius 2 is 1.11 bits per heavy atom. The van der Waals surface area contributed by atoms with Crippen LogP contribution in [0.1, 0.15) is 15.9 Å². The van der Waals surface area contributed by atoms with Crippen molar-refractivity contribution < 1.29 is 26.7 Å². The largest absolute Gasteiger partial charge is 0.289 e. The van der Waals surface area contributed by atoms with Gasteiger partial charge in [-0.15, -0.1) is 0 Å². The third-order valence-electron chi connectivity index (χ3n) is 2.37. The third kappa shape index (κ3) is 2.62. The second kappa shape index (κ2) is 4.79. The number of halogens is 5. The molecule has 0 aromatic heterocycles. The summed E-state index contributed by atoms with van der Waals surface area (Å²) in [5.41, 5.74) is -0.968. The zero-order chi connectivity index (χ0) is 14.2. The molecule has 1 nitrogen and oxygen atoms in total. The molecule has 2 aromatic rings. The minimum atomic E-state index is -1.72. The van der Waals surface area contributed by atoms with E-state index in [-0.39, 0.29) is 0 Å². The van der Waals surface area contributed by atoms with E-state index in [1.54, 1.807) is 0 Å². The van der Waals surface area contributed by atoms with Crippen molar-refractivity contribution in [3.8, 4) is 0 Å². The maximum Gasteiger partial charge on any atom is 0.194 e. The van der Waals surface area contributed by atoms with Gasteiger partial charge in [-0.2, -0.15) is 0 Å². The zero-order valence-corrected chi connectivity index (χ0v) is 9.18. The predicted molar refractivity (Wildman–Crippen MR) is 56.1 cm³/mol. The van der Waals surface area contributed by atoms with Crippen molar-refractivity contribution in [2.24, 2.45) is 0 Å². The van der Waals surface area contributed by atoms with Crippen LogP contribution in [0.5, 0.6) is 0 Å². The normalized spacial score (nSPS) is 10.6. The maximum atomic E-state index is 13.0. The zero-order valence-electron chi connectivity index (χ0n) is 9.18. The van der Waals surface area contributed by atoms with Gasteiger partial charge < -0.3 is 0 Å². The summed E-state index contributed by atoms with van der Waals surface area (Å²) >= 11 is 0. The molecule has 19 heavy (non-hydrogen) atoms. The van der Waals surface area contributed by atoms with Crippen LogP contribution in [0.2, 0.25) is 0 Å². The third-order valence-corrected chi connectivity index (χ3v) is 2.37. The van der Waals surface area contributed by atoms with Gasteiger partial charge in [0.2, 0.25) is 0 Å². The lowest BCUT2D eigenvalue weighted by Gasteiger charge is -2.03. The molecule has 0 saturated heterocycles. The molecule has 0 aliphatic carbocycles. The topological polar surface area (TPSA) is 17.1 Å². The van der Waals surface area contributed by atoms with E-state index in [4.69, 9.17) is 0 Å². The molecule has 0 fully saturated rings. The van der Waals surface area contributed by atoms with Crippen LogP contribution in [-0.2, 0) is 0 Å². The standard InChI is InChI=1S/C13H5F5O/c14-8-1-6(2-9(15)5-8)13(19)7-3-10(16)12(18)11(17)4-7/h1-5H. The smallest absolute Gasteiger partial charge is 0.194 e. The van der Waals surface area contributed by atoms with Crippen molar-refractivity contribution in [3.63, 3.8) is 0 Å². The molecule has 0 bridgehead atoms. The van der Waals surface area contributed by atoms with Gasteiger partial charge in [0, 0.05) is 17.2 Å². The van der Waals surface area contributed by atoms with Gasteiger partial charge >= 0.3 is 0 Å². The highest BCUT2D eigenvalue weighted by Gasteiger charge is 2.17. The summed E-state index contributed by atoms with van der Waals surface area (Å²) in [6, 6.07) is 2.89. The van der Waals surface area contributed by atoms with Gasteiger partial charge in [0.1, 0.15) is 11.6 Å². The van der Waals surface area contributed by atoms with Crippen molar-refractivity contribution in [2.75, 3.05) is 0 Å². The molecule has 2 aromatic carbocycles. The summed E-state index contributed by atoms with van der Waals surface area (Å²) < 4.78 is 64.5. The van der Waals surface area contributed by atoms with E-state index in [2.05, 4.69) is 0 Å². The average Bonchev–Trinajstić information content (AvgIpc) is 2.33. The molecule has 0 spiro atoms. The number of rotatable bonds is 2. The van der Waals surface area contributed by atoms with Crippen LogP contribution in [-0.4, -0.2) is 5.78 Å². The minimum Gasteiger partial charge on any atom is -0.289 e. The van der Waals surface area contributed by atoms with E-state index in [0.29, 0.717) is 30.3 Å². The molecule has 0 amide bonds. The monoisotopic (exact) mass is 272 g/mol. The summed E-state index contributed by atoms with van der Waals surface area (Å²) in [7, 11) is 0. The molecule has 2 rings (SSSR count). The summed E-state index contributed by atoms with van der Waals surface area (Å²) in [5, 5.41) is 0. The molecular formula is C13H5F5O. The maximum absolute atomic E-state index is 13.0. The molecule has 0 aliphatic rings. The van der Waals surface area contributed by atoms with Crippen LogP contribution in [0, 0.1) is 29.1 Å². The molecule has 0 radical (unpaired) electrons. The molecular weight excluding hydrogens is 267 g/mol. The lowest BCUT2D eigenvalue weighted by molar-refractivity contribution is 0.103. The van der Waals surface area contributed by atoms with Gasteiger partial charge in [0.25, 0.3) is 0 Å². The SMILES string of the molecule is O=C(c1cc(F)cc(F)c1)c1cc(F)c(F)c(F)c1. The first-order valence-corrected chi connectivity index (χ1v) is 5.04. The lowest BCUT2D eigenvalue weighted by atomic mass is 10.0. The first-order chi connectivity index (χ1) is 8.88. The Morgan fingerprint density at radius 1 is 0.684 bits per heavy atom. The van der Waals surface area contributed by atoms with Crippen molar-refractivity contribution in [2.45, 2.75) is 0 Å². The minimum absolute atomic E-state index is 0.428. The summed E-state index contributed by atoms with van der Waals surface area (Å²) in [4.78, 5) is 11.8. The van der Waals surface area contributed by atoms with E-state index < -0.39 is 46.0 Å². The van der Waals surface area contributed by atoms with E-state index >= 15 is 0 Å². The van der Waals surface area contributed by atoms with Crippen molar-refractivity contribution in [3.05, 3.63) is 70.5 Å². The highest BCUT2D eigenvalue weighted by atomic mass is 19.2. The molecule has 98 valence electrons. The number of benzene rings is 2. The van der Waals surface area contributed by atoms with Crippen molar-refractivity contribution in [1.82, 2.24) is 0 Å². The number of carbonyl (C=O) groups is 1. The van der Waals surface area contributed by atoms with Crippen molar-refractivity contribution >= 4 is 5.78 Å². The Hall–Kier alpha value is -2.24. The number of carbonyl (C=O) groups excluding carboxylic acids is 1. The molecule has 0 atom stereocenters. The second-order valence-corrected chi connectivity index (χ2v) is 3.74. The van der Waals surface area contributed by atoms with Gasteiger partial charge in [-0.05, 0) is 24.3 Å². The van der Waals surface area contributed by atoms with Gasteiger partial charge in [-0.25, -0.2) is 22.0 Å². The van der Waals surface area contributed by atoms with Crippen LogP contribution in [0.25, 0.3) is 0 Å². The molecule has 6 heteroatoms. The quantitative estimate of drug-likeness (QED) is 0.463. The van der Waals surface area contributed by atoms with Crippen LogP contribution < -0.4 is 0 Å². The fraction of sp³-hybridized carbons (Fsp3) is 0. The van der Waals surface area contributed by atoms with E-state index in [1.807, 2.05) is 0 Å². The Bertz CT molecular complexity index is 623. The van der Waals surface area contributed by atoms with E-state index in [1.165, 1.54) is 0 Å². The fourth-order valence-electron chi connectivity index (χ4n) is 1.54. The number of ketones is 1. The van der Waals surface area contributed by atoms with Crippen LogP contribution in [0.4, 0.5) is 22.0 Å². The number of hydrogen-bond acceptors (Lipinski definition) is 1. The van der Waals surface area contributed by atoms with Crippen molar-refractivity contribution in [1.29, 1.82) is 0 Å². The summed E-state index contributed by atoms with van der Waals surface area (Å²) in [6.45, 7) is 0. The highest BCUT2D eigenvalue weighted by molar-refractivity contribution is 6.09. The highest BCUT2D eigenvalue weighted by Crippen LogP contribution is 2.18. The first-order valence-electron chi connectivity index (χ1n) is 5.04. The lowest BCUT2D eigenvalue weighted by Crippen LogP contribution is -2.05. The van der Waals surface area contributed by atoms with Gasteiger partial charge in [0.05, 0.1) is 0 Å². The van der Waals surface area contributed by atoms with Crippen LogP contribution in [0.15, 0.2) is 30.3 Å². The van der Waals surface area contributed by atoms with Gasteiger partial charge in [0.15, 0.2) is 23.2 Å². The average molecular weight is 272 g/mol. The van der Waals surface area contributed by atoms with Gasteiger partial charge in [-0.1, -0.05) is 0 Å². The Labute approximate surface area is 104 Å². The fourth-order valence-corrected chi connectivity index (χ4v) is 1.54. The molecule has 0 heterocycles. The molecule has 0 unspecified atom stereocenters. The Kier molecular flexibility index (Phi) is 3.33.